The number of aliphatic imine (C=N–C) groups is 2. The van der Waals surface area contributed by atoms with E-state index >= 15 is 0 Å². The van der Waals surface area contributed by atoms with Gasteiger partial charge in [0.2, 0.25) is 0 Å². The SMILES string of the molecule is C/C=C(\C=NC)c1ccnc(C)c1N=CCCC.CCCc1ccc(C(O)(C2CC2)C(F)(F)F)cn1. The maximum Gasteiger partial charge on any atom is 0.421 e. The fraction of sp³-hybridized carbons (Fsp3) is 0.500. The van der Waals surface area contributed by atoms with E-state index in [4.69, 9.17) is 0 Å². The number of rotatable bonds is 9. The van der Waals surface area contributed by atoms with Gasteiger partial charge in [0, 0.05) is 54.6 Å². The van der Waals surface area contributed by atoms with Gasteiger partial charge in [0.05, 0.1) is 11.4 Å². The van der Waals surface area contributed by atoms with E-state index in [9.17, 15) is 18.3 Å². The molecule has 0 amide bonds. The molecule has 1 unspecified atom stereocenters. The highest BCUT2D eigenvalue weighted by Crippen LogP contribution is 2.53. The highest BCUT2D eigenvalue weighted by molar-refractivity contribution is 6.11. The lowest BCUT2D eigenvalue weighted by Gasteiger charge is -2.30. The first kappa shape index (κ1) is 29.4. The first-order valence-corrected chi connectivity index (χ1v) is 12.4. The van der Waals surface area contributed by atoms with Crippen LogP contribution in [0.5, 0.6) is 0 Å². The molecule has 0 saturated heterocycles. The number of aryl methyl sites for hydroxylation is 2. The monoisotopic (exact) mass is 502 g/mol. The van der Waals surface area contributed by atoms with Crippen LogP contribution in [0.1, 0.15) is 75.4 Å². The number of unbranched alkanes of at least 4 members (excludes halogenated alkanes) is 1. The molecule has 2 heterocycles. The molecule has 1 aliphatic rings. The Morgan fingerprint density at radius 3 is 2.36 bits per heavy atom. The Balaban J connectivity index is 0.000000254. The number of hydrogen-bond acceptors (Lipinski definition) is 5. The molecule has 3 rings (SSSR count). The van der Waals surface area contributed by atoms with E-state index in [-0.39, 0.29) is 5.56 Å². The maximum atomic E-state index is 13.1. The highest BCUT2D eigenvalue weighted by atomic mass is 19.4. The molecular weight excluding hydrogens is 465 g/mol. The zero-order chi connectivity index (χ0) is 26.8. The zero-order valence-corrected chi connectivity index (χ0v) is 21.8. The standard InChI is InChI=1S/C15H21N3.C13H16F3NO/c1-5-7-9-18-15-12(3)17-10-8-14(15)13(6-2)11-16-4;1-2-3-11-7-6-10(8-17-11)12(18,9-4-5-9)13(14,15)16/h6,8-11H,5,7H2,1-4H3;6-9,18H,2-5H2,1H3/b13-6+,16-11?,18-9?;. The lowest BCUT2D eigenvalue weighted by atomic mass is 9.89. The van der Waals surface area contributed by atoms with Gasteiger partial charge in [-0.05, 0) is 57.2 Å². The fourth-order valence-corrected chi connectivity index (χ4v) is 3.86. The van der Waals surface area contributed by atoms with Gasteiger partial charge < -0.3 is 5.11 Å². The Morgan fingerprint density at radius 1 is 1.14 bits per heavy atom. The third-order valence-electron chi connectivity index (χ3n) is 6.01. The molecule has 0 aliphatic heterocycles. The molecule has 8 heteroatoms. The number of allylic oxidation sites excluding steroid dienone is 2. The summed E-state index contributed by atoms with van der Waals surface area (Å²) in [5, 5.41) is 10.0. The summed E-state index contributed by atoms with van der Waals surface area (Å²) in [6, 6.07) is 4.91. The van der Waals surface area contributed by atoms with Crippen LogP contribution in [0.25, 0.3) is 5.57 Å². The normalized spacial score (nSPS) is 16.2. The number of nitrogens with zero attached hydrogens (tertiary/aromatic N) is 4. The van der Waals surface area contributed by atoms with Crippen LogP contribution >= 0.6 is 0 Å². The summed E-state index contributed by atoms with van der Waals surface area (Å²) in [6.45, 7) is 8.11. The fourth-order valence-electron chi connectivity index (χ4n) is 3.86. The number of pyridine rings is 2. The van der Waals surface area contributed by atoms with Crippen LogP contribution in [0, 0.1) is 12.8 Å². The lowest BCUT2D eigenvalue weighted by Crippen LogP contribution is -2.44. The minimum atomic E-state index is -4.65. The van der Waals surface area contributed by atoms with Crippen molar-refractivity contribution in [3.8, 4) is 0 Å². The molecule has 196 valence electrons. The van der Waals surface area contributed by atoms with Crippen LogP contribution in [-0.2, 0) is 12.0 Å². The second-order valence-electron chi connectivity index (χ2n) is 8.85. The molecule has 1 N–H and O–H groups in total. The van der Waals surface area contributed by atoms with Gasteiger partial charge in [-0.1, -0.05) is 38.8 Å². The molecule has 5 nitrogen and oxygen atoms in total. The quantitative estimate of drug-likeness (QED) is 0.369. The average Bonchev–Trinajstić information content (AvgIpc) is 3.70. The molecule has 1 saturated carbocycles. The van der Waals surface area contributed by atoms with Crippen molar-refractivity contribution in [3.63, 3.8) is 0 Å². The van der Waals surface area contributed by atoms with Crippen molar-refractivity contribution in [2.75, 3.05) is 7.05 Å². The molecule has 0 bridgehead atoms. The summed E-state index contributed by atoms with van der Waals surface area (Å²) < 4.78 is 39.2. The Bertz CT molecular complexity index is 1060. The Labute approximate surface area is 212 Å². The number of alkyl halides is 3. The van der Waals surface area contributed by atoms with Crippen LogP contribution in [-0.4, -0.2) is 40.7 Å². The van der Waals surface area contributed by atoms with Crippen molar-refractivity contribution in [1.82, 2.24) is 9.97 Å². The first-order chi connectivity index (χ1) is 17.1. The molecule has 1 atom stereocenters. The topological polar surface area (TPSA) is 70.7 Å². The molecule has 0 spiro atoms. The van der Waals surface area contributed by atoms with E-state index in [1.54, 1.807) is 13.1 Å². The van der Waals surface area contributed by atoms with Gasteiger partial charge in [0.25, 0.3) is 0 Å². The Morgan fingerprint density at radius 2 is 1.86 bits per heavy atom. The highest BCUT2D eigenvalue weighted by Gasteiger charge is 2.62. The third kappa shape index (κ3) is 7.32. The molecule has 1 aliphatic carbocycles. The van der Waals surface area contributed by atoms with E-state index in [1.807, 2.05) is 51.5 Å². The zero-order valence-electron chi connectivity index (χ0n) is 21.8. The Hall–Kier alpha value is -2.87. The molecule has 36 heavy (non-hydrogen) atoms. The van der Waals surface area contributed by atoms with Gasteiger partial charge in [0.1, 0.15) is 0 Å². The van der Waals surface area contributed by atoms with Crippen molar-refractivity contribution in [2.45, 2.75) is 78.0 Å². The summed E-state index contributed by atoms with van der Waals surface area (Å²) >= 11 is 0. The van der Waals surface area contributed by atoms with E-state index < -0.39 is 17.7 Å². The maximum absolute atomic E-state index is 13.1. The minimum absolute atomic E-state index is 0.141. The largest absolute Gasteiger partial charge is 0.421 e. The second-order valence-corrected chi connectivity index (χ2v) is 8.85. The number of aromatic nitrogens is 2. The lowest BCUT2D eigenvalue weighted by molar-refractivity contribution is -0.275. The number of aliphatic hydroxyl groups is 1. The summed E-state index contributed by atoms with van der Waals surface area (Å²) in [4.78, 5) is 16.9. The van der Waals surface area contributed by atoms with Gasteiger partial charge in [-0.15, -0.1) is 0 Å². The molecule has 2 aromatic heterocycles. The van der Waals surface area contributed by atoms with Crippen molar-refractivity contribution in [3.05, 3.63) is 59.2 Å². The third-order valence-corrected chi connectivity index (χ3v) is 6.01. The summed E-state index contributed by atoms with van der Waals surface area (Å²) in [5.74, 6) is -0.726. The van der Waals surface area contributed by atoms with Gasteiger partial charge in [-0.25, -0.2) is 0 Å². The molecule has 0 radical (unpaired) electrons. The summed E-state index contributed by atoms with van der Waals surface area (Å²) in [6.07, 6.45) is 8.71. The number of halogens is 3. The summed E-state index contributed by atoms with van der Waals surface area (Å²) in [5.41, 5.74) is 1.93. The minimum Gasteiger partial charge on any atom is -0.376 e. The van der Waals surface area contributed by atoms with E-state index in [1.165, 1.54) is 6.07 Å². The predicted octanol–water partition coefficient (Wildman–Crippen LogP) is 7.19. The summed E-state index contributed by atoms with van der Waals surface area (Å²) in [7, 11) is 1.78. The number of hydrogen-bond donors (Lipinski definition) is 1. The smallest absolute Gasteiger partial charge is 0.376 e. The molecule has 0 aromatic carbocycles. The van der Waals surface area contributed by atoms with Crippen molar-refractivity contribution in [1.29, 1.82) is 0 Å². The van der Waals surface area contributed by atoms with Gasteiger partial charge >= 0.3 is 6.18 Å². The van der Waals surface area contributed by atoms with Crippen molar-refractivity contribution < 1.29 is 18.3 Å². The molecule has 2 aromatic rings. The predicted molar refractivity (Wildman–Crippen MR) is 141 cm³/mol. The van der Waals surface area contributed by atoms with Crippen molar-refractivity contribution in [2.24, 2.45) is 15.9 Å². The van der Waals surface area contributed by atoms with Crippen LogP contribution in [0.2, 0.25) is 0 Å². The van der Waals surface area contributed by atoms with Crippen LogP contribution < -0.4 is 0 Å². The van der Waals surface area contributed by atoms with E-state index in [2.05, 4.69) is 26.9 Å². The average molecular weight is 503 g/mol. The second kappa shape index (κ2) is 13.4. The van der Waals surface area contributed by atoms with Crippen molar-refractivity contribution >= 4 is 23.7 Å². The van der Waals surface area contributed by atoms with Crippen LogP contribution in [0.3, 0.4) is 0 Å². The van der Waals surface area contributed by atoms with Crippen LogP contribution in [0.15, 0.2) is 46.7 Å². The van der Waals surface area contributed by atoms with Gasteiger partial charge in [-0.2, -0.15) is 13.2 Å². The van der Waals surface area contributed by atoms with Crippen LogP contribution in [0.4, 0.5) is 18.9 Å². The molecule has 1 fully saturated rings. The first-order valence-electron chi connectivity index (χ1n) is 12.4. The van der Waals surface area contributed by atoms with Gasteiger partial charge in [0.15, 0.2) is 5.60 Å². The Kier molecular flexibility index (Phi) is 11.0. The van der Waals surface area contributed by atoms with E-state index in [0.717, 1.165) is 60.1 Å². The van der Waals surface area contributed by atoms with Gasteiger partial charge in [-0.3, -0.25) is 20.0 Å². The van der Waals surface area contributed by atoms with E-state index in [0.29, 0.717) is 12.8 Å². The molecular formula is C28H37F3N4O.